The van der Waals surface area contributed by atoms with Crippen molar-refractivity contribution in [2.75, 3.05) is 26.2 Å². The molecule has 0 radical (unpaired) electrons. The molecular weight excluding hydrogens is 266 g/mol. The number of piperidine rings is 1. The molecule has 2 rings (SSSR count). The lowest BCUT2D eigenvalue weighted by Gasteiger charge is -2.26. The van der Waals surface area contributed by atoms with Crippen molar-refractivity contribution in [2.45, 2.75) is 58.1 Å². The lowest BCUT2D eigenvalue weighted by molar-refractivity contribution is 0.0497. The van der Waals surface area contributed by atoms with Crippen LogP contribution in [0.2, 0.25) is 0 Å². The number of amides is 1. The summed E-state index contributed by atoms with van der Waals surface area (Å²) in [4.78, 5) is 11.9. The first-order chi connectivity index (χ1) is 9.94. The number of ether oxygens (including phenoxy) is 1. The van der Waals surface area contributed by atoms with Crippen LogP contribution in [0, 0.1) is 11.8 Å². The molecule has 3 N–H and O–H groups in total. The van der Waals surface area contributed by atoms with E-state index in [1.165, 1.54) is 25.7 Å². The second kappa shape index (κ2) is 7.45. The number of alkyl carbamates (subject to hydrolysis) is 1. The van der Waals surface area contributed by atoms with E-state index in [1.807, 2.05) is 20.8 Å². The Morgan fingerprint density at radius 1 is 1.24 bits per heavy atom. The SMILES string of the molecule is CC(C)(C)OC(=O)NC(CNCC1CCNCC1)C1CC1. The van der Waals surface area contributed by atoms with E-state index in [9.17, 15) is 4.79 Å². The fourth-order valence-electron chi connectivity index (χ4n) is 2.82. The summed E-state index contributed by atoms with van der Waals surface area (Å²) in [5.41, 5.74) is -0.430. The summed E-state index contributed by atoms with van der Waals surface area (Å²) in [5.74, 6) is 1.39. The van der Waals surface area contributed by atoms with Gasteiger partial charge in [0, 0.05) is 12.6 Å². The van der Waals surface area contributed by atoms with Crippen LogP contribution in [0.25, 0.3) is 0 Å². The van der Waals surface area contributed by atoms with E-state index in [0.29, 0.717) is 5.92 Å². The largest absolute Gasteiger partial charge is 0.444 e. The molecule has 1 saturated heterocycles. The third-order valence-corrected chi connectivity index (χ3v) is 4.15. The van der Waals surface area contributed by atoms with E-state index in [1.54, 1.807) is 0 Å². The molecule has 0 spiro atoms. The second-order valence-corrected chi connectivity index (χ2v) is 7.44. The lowest BCUT2D eigenvalue weighted by atomic mass is 9.98. The molecule has 0 aromatic carbocycles. The molecule has 0 aromatic rings. The zero-order valence-corrected chi connectivity index (χ0v) is 13.7. The van der Waals surface area contributed by atoms with Crippen LogP contribution in [0.4, 0.5) is 4.79 Å². The summed E-state index contributed by atoms with van der Waals surface area (Å²) in [6, 6.07) is 0.210. The molecule has 21 heavy (non-hydrogen) atoms. The normalized spacial score (nSPS) is 21.9. The van der Waals surface area contributed by atoms with Crippen LogP contribution in [0.1, 0.15) is 46.5 Å². The molecule has 1 unspecified atom stereocenters. The van der Waals surface area contributed by atoms with Crippen LogP contribution in [0.5, 0.6) is 0 Å². The van der Waals surface area contributed by atoms with Gasteiger partial charge in [-0.25, -0.2) is 4.79 Å². The van der Waals surface area contributed by atoms with Gasteiger partial charge in [-0.2, -0.15) is 0 Å². The average Bonchev–Trinajstić information content (AvgIpc) is 3.21. The Hall–Kier alpha value is -0.810. The number of hydrogen-bond donors (Lipinski definition) is 3. The van der Waals surface area contributed by atoms with E-state index in [2.05, 4.69) is 16.0 Å². The third-order valence-electron chi connectivity index (χ3n) is 4.15. The Bertz CT molecular complexity index is 331. The van der Waals surface area contributed by atoms with Crippen molar-refractivity contribution >= 4 is 6.09 Å². The average molecular weight is 297 g/mol. The smallest absolute Gasteiger partial charge is 0.407 e. The van der Waals surface area contributed by atoms with Gasteiger partial charge >= 0.3 is 6.09 Å². The zero-order valence-electron chi connectivity index (χ0n) is 13.7. The molecule has 1 amide bonds. The van der Waals surface area contributed by atoms with E-state index in [0.717, 1.165) is 32.1 Å². The highest BCUT2D eigenvalue weighted by Crippen LogP contribution is 2.32. The van der Waals surface area contributed by atoms with Crippen LogP contribution in [0.15, 0.2) is 0 Å². The predicted octanol–water partition coefficient (Wildman–Crippen LogP) is 1.88. The van der Waals surface area contributed by atoms with Crippen LogP contribution in [0.3, 0.4) is 0 Å². The van der Waals surface area contributed by atoms with Crippen LogP contribution in [-0.4, -0.2) is 43.9 Å². The molecule has 1 atom stereocenters. The van der Waals surface area contributed by atoms with Gasteiger partial charge in [0.05, 0.1) is 0 Å². The highest BCUT2D eigenvalue weighted by molar-refractivity contribution is 5.68. The lowest BCUT2D eigenvalue weighted by Crippen LogP contribution is -2.46. The van der Waals surface area contributed by atoms with Gasteiger partial charge < -0.3 is 20.7 Å². The van der Waals surface area contributed by atoms with Crippen molar-refractivity contribution in [1.82, 2.24) is 16.0 Å². The first kappa shape index (κ1) is 16.6. The van der Waals surface area contributed by atoms with Gasteiger partial charge in [0.25, 0.3) is 0 Å². The van der Waals surface area contributed by atoms with Crippen molar-refractivity contribution in [3.05, 3.63) is 0 Å². The number of carbonyl (C=O) groups excluding carboxylic acids is 1. The Morgan fingerprint density at radius 2 is 1.90 bits per heavy atom. The molecule has 1 aliphatic heterocycles. The molecule has 1 aliphatic carbocycles. The van der Waals surface area contributed by atoms with Crippen LogP contribution in [-0.2, 0) is 4.74 Å². The Labute approximate surface area is 128 Å². The molecule has 0 aromatic heterocycles. The van der Waals surface area contributed by atoms with Crippen molar-refractivity contribution in [3.63, 3.8) is 0 Å². The highest BCUT2D eigenvalue weighted by atomic mass is 16.6. The van der Waals surface area contributed by atoms with Crippen molar-refractivity contribution in [3.8, 4) is 0 Å². The van der Waals surface area contributed by atoms with E-state index < -0.39 is 5.60 Å². The van der Waals surface area contributed by atoms with E-state index >= 15 is 0 Å². The van der Waals surface area contributed by atoms with Gasteiger partial charge in [-0.05, 0) is 77.9 Å². The fraction of sp³-hybridized carbons (Fsp3) is 0.938. The third kappa shape index (κ3) is 6.66. The van der Waals surface area contributed by atoms with Crippen molar-refractivity contribution < 1.29 is 9.53 Å². The molecule has 2 aliphatic rings. The van der Waals surface area contributed by atoms with Gasteiger partial charge in [0.15, 0.2) is 0 Å². The standard InChI is InChI=1S/C16H31N3O2/c1-16(2,3)21-15(20)19-14(13-4-5-13)11-18-10-12-6-8-17-9-7-12/h12-14,17-18H,4-11H2,1-3H3,(H,19,20). The minimum atomic E-state index is -0.430. The molecule has 1 heterocycles. The highest BCUT2D eigenvalue weighted by Gasteiger charge is 2.33. The summed E-state index contributed by atoms with van der Waals surface area (Å²) in [5, 5.41) is 9.97. The predicted molar refractivity (Wildman–Crippen MR) is 84.3 cm³/mol. The number of rotatable bonds is 6. The molecule has 122 valence electrons. The monoisotopic (exact) mass is 297 g/mol. The Balaban J connectivity index is 1.68. The van der Waals surface area contributed by atoms with Crippen LogP contribution < -0.4 is 16.0 Å². The van der Waals surface area contributed by atoms with Crippen molar-refractivity contribution in [2.24, 2.45) is 11.8 Å². The summed E-state index contributed by atoms with van der Waals surface area (Å²) in [7, 11) is 0. The molecule has 1 saturated carbocycles. The minimum Gasteiger partial charge on any atom is -0.444 e. The van der Waals surface area contributed by atoms with E-state index in [4.69, 9.17) is 4.74 Å². The summed E-state index contributed by atoms with van der Waals surface area (Å²) >= 11 is 0. The minimum absolute atomic E-state index is 0.210. The van der Waals surface area contributed by atoms with Crippen molar-refractivity contribution in [1.29, 1.82) is 0 Å². The van der Waals surface area contributed by atoms with Crippen LogP contribution >= 0.6 is 0 Å². The van der Waals surface area contributed by atoms with E-state index in [-0.39, 0.29) is 12.1 Å². The van der Waals surface area contributed by atoms with Gasteiger partial charge in [0.1, 0.15) is 5.60 Å². The Morgan fingerprint density at radius 3 is 2.48 bits per heavy atom. The molecule has 2 fully saturated rings. The van der Waals surface area contributed by atoms with Gasteiger partial charge in [-0.3, -0.25) is 0 Å². The summed E-state index contributed by atoms with van der Waals surface area (Å²) in [6.07, 6.45) is 4.65. The number of hydrogen-bond acceptors (Lipinski definition) is 4. The number of carbonyl (C=O) groups is 1. The summed E-state index contributed by atoms with van der Waals surface area (Å²) < 4.78 is 5.36. The maximum absolute atomic E-state index is 11.9. The topological polar surface area (TPSA) is 62.4 Å². The molecular formula is C16H31N3O2. The van der Waals surface area contributed by atoms with Gasteiger partial charge in [0.2, 0.25) is 0 Å². The zero-order chi connectivity index (χ0) is 15.3. The summed E-state index contributed by atoms with van der Waals surface area (Å²) in [6.45, 7) is 9.87. The molecule has 5 heteroatoms. The molecule has 0 bridgehead atoms. The van der Waals surface area contributed by atoms with Gasteiger partial charge in [-0.15, -0.1) is 0 Å². The first-order valence-electron chi connectivity index (χ1n) is 8.35. The maximum atomic E-state index is 11.9. The maximum Gasteiger partial charge on any atom is 0.407 e. The first-order valence-corrected chi connectivity index (χ1v) is 8.35. The quantitative estimate of drug-likeness (QED) is 0.700. The number of nitrogens with one attached hydrogen (secondary N) is 3. The fourth-order valence-corrected chi connectivity index (χ4v) is 2.82. The second-order valence-electron chi connectivity index (χ2n) is 7.44. The molecule has 5 nitrogen and oxygen atoms in total. The van der Waals surface area contributed by atoms with Gasteiger partial charge in [-0.1, -0.05) is 0 Å². The Kier molecular flexibility index (Phi) is 5.88.